The van der Waals surface area contributed by atoms with E-state index in [1.807, 2.05) is 6.92 Å². The van der Waals surface area contributed by atoms with Gasteiger partial charge in [0.25, 0.3) is 5.91 Å². The molecule has 0 radical (unpaired) electrons. The predicted molar refractivity (Wildman–Crippen MR) is 132 cm³/mol. The summed E-state index contributed by atoms with van der Waals surface area (Å²) in [6.07, 6.45) is -0.103. The average Bonchev–Trinajstić information content (AvgIpc) is 3.31. The second-order valence-corrected chi connectivity index (χ2v) is 8.92. The summed E-state index contributed by atoms with van der Waals surface area (Å²) in [6, 6.07) is 9.78. The van der Waals surface area contributed by atoms with Crippen LogP contribution in [-0.4, -0.2) is 69.6 Å². The van der Waals surface area contributed by atoms with Crippen molar-refractivity contribution in [2.45, 2.75) is 26.0 Å². The smallest absolute Gasteiger partial charge is 0.323 e. The molecular weight excluding hydrogens is 452 g/mol. The number of hydrogen-bond donors (Lipinski definition) is 3. The lowest BCUT2D eigenvalue weighted by Crippen LogP contribution is -2.44. The van der Waals surface area contributed by atoms with Gasteiger partial charge in [-0.15, -0.1) is 0 Å². The normalized spacial score (nSPS) is 22.3. The Labute approximate surface area is 204 Å². The predicted octanol–water partition coefficient (Wildman–Crippen LogP) is 3.15. The second kappa shape index (κ2) is 10.8. The molecule has 2 aliphatic heterocycles. The number of methoxy groups -OCH3 is 1. The Morgan fingerprint density at radius 1 is 1.03 bits per heavy atom. The molecule has 2 aromatic rings. The molecule has 3 atom stereocenters. The number of urea groups is 1. The van der Waals surface area contributed by atoms with Gasteiger partial charge in [-0.25, -0.2) is 4.79 Å². The second-order valence-electron chi connectivity index (χ2n) is 8.92. The lowest BCUT2D eigenvalue weighted by atomic mass is 10.0. The maximum Gasteiger partial charge on any atom is 0.323 e. The summed E-state index contributed by atoms with van der Waals surface area (Å²) in [4.78, 5) is 27.5. The van der Waals surface area contributed by atoms with Crippen molar-refractivity contribution in [3.8, 4) is 17.2 Å². The van der Waals surface area contributed by atoms with Crippen molar-refractivity contribution < 1.29 is 28.5 Å². The Balaban J connectivity index is 1.50. The SMILES string of the molecule is CO[C@H]1CN(C)C(=O)c2ccc(NC(=O)Nc3ccc4c(c3)OCO4)cc2OC[C@H](C)NC[C@H]1C. The van der Waals surface area contributed by atoms with E-state index < -0.39 is 6.03 Å². The summed E-state index contributed by atoms with van der Waals surface area (Å²) in [5, 5.41) is 9.02. The quantitative estimate of drug-likeness (QED) is 0.614. The number of benzene rings is 2. The van der Waals surface area contributed by atoms with Crippen LogP contribution in [0.2, 0.25) is 0 Å². The van der Waals surface area contributed by atoms with Crippen LogP contribution in [0, 0.1) is 5.92 Å². The van der Waals surface area contributed by atoms with Gasteiger partial charge in [0.1, 0.15) is 12.4 Å². The van der Waals surface area contributed by atoms with E-state index in [0.717, 1.165) is 6.54 Å². The van der Waals surface area contributed by atoms with Crippen LogP contribution in [0.25, 0.3) is 0 Å². The number of nitrogens with zero attached hydrogens (tertiary/aromatic N) is 1. The van der Waals surface area contributed by atoms with Gasteiger partial charge in [0.2, 0.25) is 6.79 Å². The molecule has 3 amide bonds. The molecule has 188 valence electrons. The highest BCUT2D eigenvalue weighted by molar-refractivity contribution is 6.01. The zero-order valence-electron chi connectivity index (χ0n) is 20.4. The van der Waals surface area contributed by atoms with Gasteiger partial charge in [0.05, 0.1) is 11.7 Å². The zero-order valence-corrected chi connectivity index (χ0v) is 20.4. The van der Waals surface area contributed by atoms with Crippen molar-refractivity contribution in [1.82, 2.24) is 10.2 Å². The standard InChI is InChI=1S/C25H32N4O6/c1-15-11-26-16(2)13-33-21-9-17(5-7-19(21)24(30)29(3)12-23(15)32-4)27-25(31)28-18-6-8-20-22(10-18)35-14-34-20/h5-10,15-16,23,26H,11-14H2,1-4H3,(H2,27,28,31)/t15-,16+,23+/m1/s1. The largest absolute Gasteiger partial charge is 0.491 e. The van der Waals surface area contributed by atoms with Crippen LogP contribution in [0.15, 0.2) is 36.4 Å². The summed E-state index contributed by atoms with van der Waals surface area (Å²) < 4.78 is 22.3. The third kappa shape index (κ3) is 5.95. The molecule has 0 spiro atoms. The van der Waals surface area contributed by atoms with Crippen LogP contribution < -0.4 is 30.2 Å². The van der Waals surface area contributed by atoms with E-state index in [-0.39, 0.29) is 30.8 Å². The summed E-state index contributed by atoms with van der Waals surface area (Å²) in [7, 11) is 3.41. The van der Waals surface area contributed by atoms with E-state index in [1.54, 1.807) is 55.5 Å². The third-order valence-corrected chi connectivity index (χ3v) is 6.12. The molecule has 2 aliphatic rings. The number of carbonyl (C=O) groups excluding carboxylic acids is 2. The summed E-state index contributed by atoms with van der Waals surface area (Å²) in [5.41, 5.74) is 1.48. The van der Waals surface area contributed by atoms with E-state index in [9.17, 15) is 9.59 Å². The average molecular weight is 485 g/mol. The molecule has 10 nitrogen and oxygen atoms in total. The minimum Gasteiger partial charge on any atom is -0.491 e. The van der Waals surface area contributed by atoms with Crippen molar-refractivity contribution in [2.75, 3.05) is 51.3 Å². The third-order valence-electron chi connectivity index (χ3n) is 6.12. The molecule has 0 unspecified atom stereocenters. The number of rotatable bonds is 3. The van der Waals surface area contributed by atoms with Crippen LogP contribution in [0.3, 0.4) is 0 Å². The van der Waals surface area contributed by atoms with Gasteiger partial charge in [-0.1, -0.05) is 6.92 Å². The molecule has 10 heteroatoms. The maximum absolute atomic E-state index is 13.2. The molecule has 0 saturated heterocycles. The maximum atomic E-state index is 13.2. The minimum atomic E-state index is -0.438. The van der Waals surface area contributed by atoms with Crippen molar-refractivity contribution in [2.24, 2.45) is 5.92 Å². The first-order chi connectivity index (χ1) is 16.8. The Bertz CT molecular complexity index is 1080. The Kier molecular flexibility index (Phi) is 7.62. The lowest BCUT2D eigenvalue weighted by Gasteiger charge is -2.30. The molecule has 2 aromatic carbocycles. The fraction of sp³-hybridized carbons (Fsp3) is 0.440. The number of carbonyl (C=O) groups is 2. The Morgan fingerprint density at radius 2 is 1.71 bits per heavy atom. The molecule has 0 aliphatic carbocycles. The summed E-state index contributed by atoms with van der Waals surface area (Å²) >= 11 is 0. The number of nitrogens with one attached hydrogen (secondary N) is 3. The first kappa shape index (κ1) is 24.6. The Hall–Kier alpha value is -3.50. The van der Waals surface area contributed by atoms with Crippen molar-refractivity contribution in [3.05, 3.63) is 42.0 Å². The van der Waals surface area contributed by atoms with E-state index in [2.05, 4.69) is 22.9 Å². The topological polar surface area (TPSA) is 110 Å². The molecular formula is C25H32N4O6. The summed E-state index contributed by atoms with van der Waals surface area (Å²) in [6.45, 7) is 5.83. The highest BCUT2D eigenvalue weighted by atomic mass is 16.7. The van der Waals surface area contributed by atoms with Crippen LogP contribution in [0.5, 0.6) is 17.2 Å². The number of ether oxygens (including phenoxy) is 4. The van der Waals surface area contributed by atoms with E-state index in [1.165, 1.54) is 0 Å². The number of fused-ring (bicyclic) bond motifs is 2. The number of anilines is 2. The molecule has 0 saturated carbocycles. The van der Waals surface area contributed by atoms with Crippen LogP contribution >= 0.6 is 0 Å². The van der Waals surface area contributed by atoms with E-state index >= 15 is 0 Å². The fourth-order valence-corrected chi connectivity index (χ4v) is 4.00. The molecule has 2 heterocycles. The fourth-order valence-electron chi connectivity index (χ4n) is 4.00. The van der Waals surface area contributed by atoms with Gasteiger partial charge in [-0.2, -0.15) is 0 Å². The first-order valence-corrected chi connectivity index (χ1v) is 11.6. The number of likely N-dealkylation sites (N-methyl/N-ethyl adjacent to an activating group) is 1. The van der Waals surface area contributed by atoms with Gasteiger partial charge >= 0.3 is 6.03 Å². The molecule has 3 N–H and O–H groups in total. The van der Waals surface area contributed by atoms with Gasteiger partial charge in [-0.05, 0) is 37.1 Å². The van der Waals surface area contributed by atoms with Gasteiger partial charge < -0.3 is 39.8 Å². The van der Waals surface area contributed by atoms with Crippen molar-refractivity contribution >= 4 is 23.3 Å². The molecule has 0 bridgehead atoms. The van der Waals surface area contributed by atoms with Crippen molar-refractivity contribution in [1.29, 1.82) is 0 Å². The molecule has 35 heavy (non-hydrogen) atoms. The highest BCUT2D eigenvalue weighted by Gasteiger charge is 2.25. The van der Waals surface area contributed by atoms with Gasteiger partial charge in [0, 0.05) is 56.8 Å². The summed E-state index contributed by atoms with van der Waals surface area (Å²) in [5.74, 6) is 1.65. The van der Waals surface area contributed by atoms with Crippen LogP contribution in [0.1, 0.15) is 24.2 Å². The lowest BCUT2D eigenvalue weighted by molar-refractivity contribution is 0.0281. The zero-order chi connectivity index (χ0) is 24.9. The number of amides is 3. The highest BCUT2D eigenvalue weighted by Crippen LogP contribution is 2.34. The first-order valence-electron chi connectivity index (χ1n) is 11.6. The number of hydrogen-bond acceptors (Lipinski definition) is 7. The molecule has 0 aromatic heterocycles. The monoisotopic (exact) mass is 484 g/mol. The van der Waals surface area contributed by atoms with Crippen LogP contribution in [-0.2, 0) is 4.74 Å². The van der Waals surface area contributed by atoms with Crippen molar-refractivity contribution in [3.63, 3.8) is 0 Å². The molecule has 4 rings (SSSR count). The van der Waals surface area contributed by atoms with Gasteiger partial charge in [-0.3, -0.25) is 4.79 Å². The van der Waals surface area contributed by atoms with Gasteiger partial charge in [0.15, 0.2) is 11.5 Å². The van der Waals surface area contributed by atoms with E-state index in [0.29, 0.717) is 47.3 Å². The van der Waals surface area contributed by atoms with Crippen LogP contribution in [0.4, 0.5) is 16.2 Å². The molecule has 0 fully saturated rings. The minimum absolute atomic E-state index is 0.0565. The van der Waals surface area contributed by atoms with E-state index in [4.69, 9.17) is 18.9 Å². The Morgan fingerprint density at radius 3 is 2.46 bits per heavy atom.